The molecule has 1 N–H and O–H groups in total. The highest BCUT2D eigenvalue weighted by molar-refractivity contribution is 4.94. The molecule has 0 radical (unpaired) electrons. The van der Waals surface area contributed by atoms with E-state index >= 15 is 0 Å². The van der Waals surface area contributed by atoms with Gasteiger partial charge in [0.05, 0.1) is 0 Å². The van der Waals surface area contributed by atoms with Crippen LogP contribution in [0, 0.1) is 0 Å². The first kappa shape index (κ1) is 5.69. The summed E-state index contributed by atoms with van der Waals surface area (Å²) < 4.78 is 0. The van der Waals surface area contributed by atoms with Crippen molar-refractivity contribution in [3.8, 4) is 0 Å². The van der Waals surface area contributed by atoms with E-state index in [1.807, 2.05) is 0 Å². The molecule has 3 fully saturated rings. The molecular formula is C7H14N2. The Kier molecular flexibility index (Phi) is 1.24. The van der Waals surface area contributed by atoms with Gasteiger partial charge in [-0.1, -0.05) is 0 Å². The topological polar surface area (TPSA) is 15.3 Å². The quantitative estimate of drug-likeness (QED) is 0.493. The Morgan fingerprint density at radius 1 is 1.44 bits per heavy atom. The van der Waals surface area contributed by atoms with Crippen LogP contribution in [0.25, 0.3) is 0 Å². The minimum absolute atomic E-state index is 0.859. The zero-order valence-corrected chi connectivity index (χ0v) is 5.93. The second kappa shape index (κ2) is 1.96. The summed E-state index contributed by atoms with van der Waals surface area (Å²) in [5.41, 5.74) is 0. The third kappa shape index (κ3) is 0.775. The lowest BCUT2D eigenvalue weighted by molar-refractivity contribution is 0.0577. The number of likely N-dealkylation sites (N-methyl/N-ethyl adjacent to an activating group) is 1. The lowest BCUT2D eigenvalue weighted by atomic mass is 9.93. The highest BCUT2D eigenvalue weighted by Gasteiger charge is 2.36. The van der Waals surface area contributed by atoms with Gasteiger partial charge in [0.1, 0.15) is 0 Å². The van der Waals surface area contributed by atoms with Gasteiger partial charge in [-0.2, -0.15) is 0 Å². The van der Waals surface area contributed by atoms with E-state index in [2.05, 4.69) is 17.3 Å². The number of fused-ring (bicyclic) bond motifs is 3. The molecule has 0 aliphatic carbocycles. The molecule has 2 bridgehead atoms. The van der Waals surface area contributed by atoms with E-state index in [0.29, 0.717) is 0 Å². The van der Waals surface area contributed by atoms with E-state index in [1.54, 1.807) is 0 Å². The summed E-state index contributed by atoms with van der Waals surface area (Å²) in [6.07, 6.45) is 2.79. The first-order chi connectivity index (χ1) is 4.38. The van der Waals surface area contributed by atoms with E-state index in [0.717, 1.165) is 12.1 Å². The minimum Gasteiger partial charge on any atom is -0.315 e. The highest BCUT2D eigenvalue weighted by Crippen LogP contribution is 2.26. The Labute approximate surface area is 56.2 Å². The molecule has 3 heterocycles. The first-order valence-corrected chi connectivity index (χ1v) is 3.80. The maximum Gasteiger partial charge on any atom is 0.0235 e. The smallest absolute Gasteiger partial charge is 0.0235 e. The van der Waals surface area contributed by atoms with E-state index < -0.39 is 0 Å². The van der Waals surface area contributed by atoms with Crippen LogP contribution in [0.2, 0.25) is 0 Å². The van der Waals surface area contributed by atoms with Gasteiger partial charge in [-0.05, 0) is 26.4 Å². The van der Waals surface area contributed by atoms with Crippen molar-refractivity contribution in [3.05, 3.63) is 0 Å². The summed E-state index contributed by atoms with van der Waals surface area (Å²) >= 11 is 0. The van der Waals surface area contributed by atoms with Gasteiger partial charge in [0.15, 0.2) is 0 Å². The van der Waals surface area contributed by atoms with Crippen molar-refractivity contribution in [2.75, 3.05) is 20.1 Å². The molecule has 0 aromatic heterocycles. The van der Waals surface area contributed by atoms with Gasteiger partial charge in [0.25, 0.3) is 0 Å². The van der Waals surface area contributed by atoms with E-state index in [4.69, 9.17) is 0 Å². The lowest BCUT2D eigenvalue weighted by Gasteiger charge is -2.44. The van der Waals surface area contributed by atoms with Crippen molar-refractivity contribution in [1.29, 1.82) is 0 Å². The number of nitrogens with one attached hydrogen (secondary N) is 1. The van der Waals surface area contributed by atoms with Crippen molar-refractivity contribution in [2.45, 2.75) is 24.9 Å². The molecule has 52 valence electrons. The van der Waals surface area contributed by atoms with Crippen molar-refractivity contribution < 1.29 is 0 Å². The third-order valence-corrected chi connectivity index (χ3v) is 2.73. The molecule has 9 heavy (non-hydrogen) atoms. The van der Waals surface area contributed by atoms with Crippen LogP contribution >= 0.6 is 0 Å². The second-order valence-corrected chi connectivity index (χ2v) is 3.20. The summed E-state index contributed by atoms with van der Waals surface area (Å²) in [7, 11) is 2.24. The maximum atomic E-state index is 3.43. The molecule has 0 aromatic carbocycles. The second-order valence-electron chi connectivity index (χ2n) is 3.20. The van der Waals surface area contributed by atoms with Crippen LogP contribution in [0.3, 0.4) is 0 Å². The van der Waals surface area contributed by atoms with Gasteiger partial charge >= 0.3 is 0 Å². The molecular weight excluding hydrogens is 112 g/mol. The number of hydrogen-bond acceptors (Lipinski definition) is 2. The first-order valence-electron chi connectivity index (χ1n) is 3.80. The van der Waals surface area contributed by atoms with Crippen LogP contribution in [0.4, 0.5) is 0 Å². The molecule has 2 atom stereocenters. The monoisotopic (exact) mass is 126 g/mol. The highest BCUT2D eigenvalue weighted by atomic mass is 15.3. The summed E-state index contributed by atoms with van der Waals surface area (Å²) in [6, 6.07) is 1.77. The molecule has 0 spiro atoms. The Balaban J connectivity index is 2.01. The van der Waals surface area contributed by atoms with Crippen LogP contribution in [-0.2, 0) is 0 Å². The molecule has 2 heteroatoms. The molecule has 0 aromatic rings. The SMILES string of the molecule is CN1C2CCNCC1C2. The van der Waals surface area contributed by atoms with Crippen molar-refractivity contribution in [2.24, 2.45) is 0 Å². The largest absolute Gasteiger partial charge is 0.315 e. The van der Waals surface area contributed by atoms with Gasteiger partial charge in [-0.15, -0.1) is 0 Å². The fraction of sp³-hybridized carbons (Fsp3) is 1.00. The summed E-state index contributed by atoms with van der Waals surface area (Å²) in [4.78, 5) is 2.50. The zero-order valence-electron chi connectivity index (χ0n) is 5.93. The Bertz CT molecular complexity index is 97.5. The molecule has 3 saturated heterocycles. The average Bonchev–Trinajstić information content (AvgIpc) is 2.17. The van der Waals surface area contributed by atoms with Crippen LogP contribution in [0.15, 0.2) is 0 Å². The summed E-state index contributed by atoms with van der Waals surface area (Å²) in [6.45, 7) is 2.44. The van der Waals surface area contributed by atoms with Crippen molar-refractivity contribution in [3.63, 3.8) is 0 Å². The number of rotatable bonds is 0. The molecule has 2 nitrogen and oxygen atoms in total. The van der Waals surface area contributed by atoms with E-state index in [-0.39, 0.29) is 0 Å². The van der Waals surface area contributed by atoms with Gasteiger partial charge in [-0.3, -0.25) is 4.90 Å². The van der Waals surface area contributed by atoms with Crippen LogP contribution in [-0.4, -0.2) is 37.1 Å². The predicted molar refractivity (Wildman–Crippen MR) is 37.4 cm³/mol. The van der Waals surface area contributed by atoms with Crippen LogP contribution in [0.1, 0.15) is 12.8 Å². The van der Waals surface area contributed by atoms with Gasteiger partial charge in [0, 0.05) is 18.6 Å². The average molecular weight is 126 g/mol. The number of hydrogen-bond donors (Lipinski definition) is 1. The van der Waals surface area contributed by atoms with Crippen molar-refractivity contribution >= 4 is 0 Å². The normalized spacial score (nSPS) is 43.7. The Morgan fingerprint density at radius 3 is 3.11 bits per heavy atom. The number of nitrogens with zero attached hydrogens (tertiary/aromatic N) is 1. The minimum atomic E-state index is 0.859. The van der Waals surface area contributed by atoms with Crippen molar-refractivity contribution in [1.82, 2.24) is 10.2 Å². The fourth-order valence-electron chi connectivity index (χ4n) is 1.89. The molecule has 2 unspecified atom stereocenters. The van der Waals surface area contributed by atoms with Gasteiger partial charge in [-0.25, -0.2) is 0 Å². The third-order valence-electron chi connectivity index (χ3n) is 2.73. The molecule has 3 aliphatic rings. The zero-order chi connectivity index (χ0) is 6.27. The van der Waals surface area contributed by atoms with Gasteiger partial charge < -0.3 is 5.32 Å². The standard InChI is InChI=1S/C7H14N2/c1-9-6-2-3-8-5-7(9)4-6/h6-8H,2-5H2,1H3. The van der Waals surface area contributed by atoms with Crippen LogP contribution in [0.5, 0.6) is 0 Å². The maximum absolute atomic E-state index is 3.43. The van der Waals surface area contributed by atoms with Crippen LogP contribution < -0.4 is 5.32 Å². The summed E-state index contributed by atoms with van der Waals surface area (Å²) in [5, 5.41) is 3.43. The molecule has 0 saturated carbocycles. The Hall–Kier alpha value is -0.0800. The fourth-order valence-corrected chi connectivity index (χ4v) is 1.89. The van der Waals surface area contributed by atoms with E-state index in [1.165, 1.54) is 25.9 Å². The van der Waals surface area contributed by atoms with Gasteiger partial charge in [0.2, 0.25) is 0 Å². The lowest BCUT2D eigenvalue weighted by Crippen LogP contribution is -2.54. The molecule has 3 aliphatic heterocycles. The molecule has 0 amide bonds. The predicted octanol–water partition coefficient (Wildman–Crippen LogP) is 0.0524. The molecule has 3 rings (SSSR count). The Morgan fingerprint density at radius 2 is 2.33 bits per heavy atom. The summed E-state index contributed by atoms with van der Waals surface area (Å²) in [5.74, 6) is 0. The van der Waals surface area contributed by atoms with E-state index in [9.17, 15) is 0 Å².